The van der Waals surface area contributed by atoms with Gasteiger partial charge in [-0.15, -0.1) is 0 Å². The fourth-order valence-corrected chi connectivity index (χ4v) is 4.13. The third-order valence-electron chi connectivity index (χ3n) is 6.17. The first-order chi connectivity index (χ1) is 17.6. The van der Waals surface area contributed by atoms with E-state index in [1.807, 2.05) is 6.92 Å². The summed E-state index contributed by atoms with van der Waals surface area (Å²) in [5.74, 6) is 1.58. The highest BCUT2D eigenvalue weighted by Crippen LogP contribution is 2.25. The van der Waals surface area contributed by atoms with Crippen molar-refractivity contribution in [1.82, 2.24) is 25.4 Å². The quantitative estimate of drug-likeness (QED) is 0.384. The van der Waals surface area contributed by atoms with Crippen LogP contribution in [0.1, 0.15) is 48.9 Å². The lowest BCUT2D eigenvalue weighted by atomic mass is 9.92. The predicted octanol–water partition coefficient (Wildman–Crippen LogP) is 3.03. The van der Waals surface area contributed by atoms with E-state index in [0.29, 0.717) is 42.4 Å². The highest BCUT2D eigenvalue weighted by molar-refractivity contribution is 5.94. The van der Waals surface area contributed by atoms with Crippen LogP contribution in [0, 0.1) is 11.7 Å². The fraction of sp³-hybridized carbons (Fsp3) is 0.480. The van der Waals surface area contributed by atoms with Crippen LogP contribution in [-0.2, 0) is 6.42 Å². The average Bonchev–Trinajstić information content (AvgIpc) is 3.40. The SMILES string of the molecule is CCc1nc(-c2cnc(N3CCC(CCCOc4ccc(C(=O)NCCO)c(F)c4)CC3)nc2)no1. The summed E-state index contributed by atoms with van der Waals surface area (Å²) in [7, 11) is 0. The van der Waals surface area contributed by atoms with Gasteiger partial charge in [0.2, 0.25) is 17.7 Å². The highest BCUT2D eigenvalue weighted by Gasteiger charge is 2.21. The van der Waals surface area contributed by atoms with Crippen LogP contribution in [0.15, 0.2) is 35.1 Å². The summed E-state index contributed by atoms with van der Waals surface area (Å²) < 4.78 is 25.0. The number of benzene rings is 1. The normalized spacial score (nSPS) is 14.1. The number of nitrogens with one attached hydrogen (secondary N) is 1. The van der Waals surface area contributed by atoms with Crippen molar-refractivity contribution >= 4 is 11.9 Å². The zero-order valence-electron chi connectivity index (χ0n) is 20.3. The average molecular weight is 499 g/mol. The Hall–Kier alpha value is -3.60. The van der Waals surface area contributed by atoms with Gasteiger partial charge in [0.25, 0.3) is 5.91 Å². The Labute approximate surface area is 208 Å². The van der Waals surface area contributed by atoms with Gasteiger partial charge in [-0.2, -0.15) is 4.98 Å². The highest BCUT2D eigenvalue weighted by atomic mass is 19.1. The molecule has 192 valence electrons. The standard InChI is InChI=1S/C25H31FN6O4/c1-2-22-30-23(31-36-22)18-15-28-25(29-16-18)32-10-7-17(8-11-32)4-3-13-35-19-5-6-20(21(26)14-19)24(34)27-9-12-33/h5-6,14-17,33H,2-4,7-13H2,1H3,(H,27,34). The summed E-state index contributed by atoms with van der Waals surface area (Å²) in [5, 5.41) is 15.2. The van der Waals surface area contributed by atoms with Crippen molar-refractivity contribution in [3.8, 4) is 17.1 Å². The van der Waals surface area contributed by atoms with Crippen molar-refractivity contribution < 1.29 is 23.6 Å². The molecule has 0 unspecified atom stereocenters. The molecule has 0 atom stereocenters. The molecule has 3 heterocycles. The summed E-state index contributed by atoms with van der Waals surface area (Å²) in [6.45, 7) is 4.10. The first kappa shape index (κ1) is 25.5. The monoisotopic (exact) mass is 498 g/mol. The van der Waals surface area contributed by atoms with Gasteiger partial charge in [0.05, 0.1) is 24.3 Å². The third kappa shape index (κ3) is 6.54. The molecule has 0 radical (unpaired) electrons. The van der Waals surface area contributed by atoms with E-state index in [1.54, 1.807) is 18.5 Å². The number of rotatable bonds is 11. The molecular formula is C25H31FN6O4. The van der Waals surface area contributed by atoms with Gasteiger partial charge >= 0.3 is 0 Å². The van der Waals surface area contributed by atoms with E-state index in [9.17, 15) is 9.18 Å². The van der Waals surface area contributed by atoms with E-state index in [2.05, 4.69) is 30.3 Å². The first-order valence-electron chi connectivity index (χ1n) is 12.3. The molecule has 1 fully saturated rings. The van der Waals surface area contributed by atoms with E-state index in [0.717, 1.165) is 44.3 Å². The Morgan fingerprint density at radius 2 is 2.06 bits per heavy atom. The van der Waals surface area contributed by atoms with Gasteiger partial charge < -0.3 is 24.6 Å². The molecule has 36 heavy (non-hydrogen) atoms. The number of hydrogen-bond donors (Lipinski definition) is 2. The third-order valence-corrected chi connectivity index (χ3v) is 6.17. The second-order valence-electron chi connectivity index (χ2n) is 8.68. The molecule has 1 amide bonds. The molecule has 0 aliphatic carbocycles. The van der Waals surface area contributed by atoms with E-state index < -0.39 is 11.7 Å². The number of halogens is 1. The molecule has 4 rings (SSSR count). The van der Waals surface area contributed by atoms with Crippen LogP contribution in [0.4, 0.5) is 10.3 Å². The van der Waals surface area contributed by atoms with Crippen LogP contribution in [-0.4, -0.2) is 64.0 Å². The number of aliphatic hydroxyl groups is 1. The minimum absolute atomic E-state index is 0.0679. The first-order valence-corrected chi connectivity index (χ1v) is 12.3. The van der Waals surface area contributed by atoms with Gasteiger partial charge in [0, 0.05) is 44.5 Å². The maximum Gasteiger partial charge on any atom is 0.254 e. The Morgan fingerprint density at radius 3 is 2.72 bits per heavy atom. The summed E-state index contributed by atoms with van der Waals surface area (Å²) >= 11 is 0. The number of carbonyl (C=O) groups is 1. The molecule has 10 nitrogen and oxygen atoms in total. The summed E-state index contributed by atoms with van der Waals surface area (Å²) in [6, 6.07) is 4.20. The molecule has 0 bridgehead atoms. The van der Waals surface area contributed by atoms with Gasteiger partial charge in [0.1, 0.15) is 11.6 Å². The second kappa shape index (κ2) is 12.4. The molecule has 1 aliphatic heterocycles. The number of nitrogens with zero attached hydrogens (tertiary/aromatic N) is 5. The van der Waals surface area contributed by atoms with Gasteiger partial charge in [-0.1, -0.05) is 12.1 Å². The molecule has 0 spiro atoms. The number of aliphatic hydroxyl groups excluding tert-OH is 1. The lowest BCUT2D eigenvalue weighted by Crippen LogP contribution is -2.34. The number of aromatic nitrogens is 4. The molecule has 2 N–H and O–H groups in total. The Bertz CT molecular complexity index is 1130. The lowest BCUT2D eigenvalue weighted by Gasteiger charge is -2.32. The maximum atomic E-state index is 14.2. The van der Waals surface area contributed by atoms with Crippen molar-refractivity contribution in [2.24, 2.45) is 5.92 Å². The van der Waals surface area contributed by atoms with Crippen molar-refractivity contribution in [1.29, 1.82) is 0 Å². The zero-order chi connectivity index (χ0) is 25.3. The van der Waals surface area contributed by atoms with E-state index in [1.165, 1.54) is 12.1 Å². The van der Waals surface area contributed by atoms with Gasteiger partial charge in [0.15, 0.2) is 0 Å². The Kier molecular flexibility index (Phi) is 8.77. The number of aryl methyl sites for hydroxylation is 1. The topological polar surface area (TPSA) is 126 Å². The summed E-state index contributed by atoms with van der Waals surface area (Å²) in [5.41, 5.74) is 0.665. The van der Waals surface area contributed by atoms with Crippen LogP contribution >= 0.6 is 0 Å². The summed E-state index contributed by atoms with van der Waals surface area (Å²) in [6.07, 6.45) is 8.12. The Morgan fingerprint density at radius 1 is 1.28 bits per heavy atom. The van der Waals surface area contributed by atoms with Crippen molar-refractivity contribution in [2.75, 3.05) is 37.7 Å². The zero-order valence-corrected chi connectivity index (χ0v) is 20.3. The largest absolute Gasteiger partial charge is 0.493 e. The van der Waals surface area contributed by atoms with E-state index >= 15 is 0 Å². The van der Waals surface area contributed by atoms with E-state index in [-0.39, 0.29) is 18.7 Å². The minimum Gasteiger partial charge on any atom is -0.493 e. The van der Waals surface area contributed by atoms with Gasteiger partial charge in [-0.05, 0) is 43.7 Å². The van der Waals surface area contributed by atoms with Gasteiger partial charge in [-0.3, -0.25) is 4.79 Å². The second-order valence-corrected chi connectivity index (χ2v) is 8.68. The molecule has 2 aromatic heterocycles. The van der Waals surface area contributed by atoms with Crippen molar-refractivity contribution in [2.45, 2.75) is 39.0 Å². The smallest absolute Gasteiger partial charge is 0.254 e. The number of hydrogen-bond acceptors (Lipinski definition) is 9. The van der Waals surface area contributed by atoms with Gasteiger partial charge in [-0.25, -0.2) is 14.4 Å². The number of anilines is 1. The molecule has 1 aliphatic rings. The van der Waals surface area contributed by atoms with Crippen LogP contribution < -0.4 is 15.0 Å². The molecule has 1 aromatic carbocycles. The predicted molar refractivity (Wildman–Crippen MR) is 130 cm³/mol. The van der Waals surface area contributed by atoms with Crippen LogP contribution in [0.25, 0.3) is 11.4 Å². The molecule has 0 saturated carbocycles. The number of ether oxygens (including phenoxy) is 1. The number of piperidine rings is 1. The lowest BCUT2D eigenvalue weighted by molar-refractivity contribution is 0.0940. The van der Waals surface area contributed by atoms with Crippen LogP contribution in [0.2, 0.25) is 0 Å². The fourth-order valence-electron chi connectivity index (χ4n) is 4.13. The molecular weight excluding hydrogens is 467 g/mol. The van der Waals surface area contributed by atoms with E-state index in [4.69, 9.17) is 14.4 Å². The van der Waals surface area contributed by atoms with Crippen LogP contribution in [0.3, 0.4) is 0 Å². The molecule has 11 heteroatoms. The maximum absolute atomic E-state index is 14.2. The van der Waals surface area contributed by atoms with Crippen LogP contribution in [0.5, 0.6) is 5.75 Å². The van der Waals surface area contributed by atoms with Crippen molar-refractivity contribution in [3.05, 3.63) is 47.9 Å². The minimum atomic E-state index is -0.645. The Balaban J connectivity index is 1.17. The summed E-state index contributed by atoms with van der Waals surface area (Å²) in [4.78, 5) is 27.3. The molecule has 1 saturated heterocycles. The number of amides is 1. The van der Waals surface area contributed by atoms with Crippen molar-refractivity contribution in [3.63, 3.8) is 0 Å². The number of carbonyl (C=O) groups excluding carboxylic acids is 1. The molecule has 3 aromatic rings.